The summed E-state index contributed by atoms with van der Waals surface area (Å²) in [6, 6.07) is 2.91. The lowest BCUT2D eigenvalue weighted by Crippen LogP contribution is -2.50. The van der Waals surface area contributed by atoms with E-state index in [1.807, 2.05) is 16.5 Å². The lowest BCUT2D eigenvalue weighted by Gasteiger charge is -2.36. The Morgan fingerprint density at radius 3 is 2.51 bits per heavy atom. The molecule has 0 unspecified atom stereocenters. The second-order valence-corrected chi connectivity index (χ2v) is 12.7. The van der Waals surface area contributed by atoms with E-state index in [0.29, 0.717) is 11.4 Å². The van der Waals surface area contributed by atoms with E-state index in [4.69, 9.17) is 11.6 Å². The van der Waals surface area contributed by atoms with E-state index in [1.165, 1.54) is 16.0 Å². The van der Waals surface area contributed by atoms with E-state index in [0.717, 1.165) is 31.0 Å². The number of amides is 2. The third-order valence-corrected chi connectivity index (χ3v) is 9.23. The molecule has 19 heteroatoms. The number of fused-ring (bicyclic) bond motifs is 1. The second kappa shape index (κ2) is 13.0. The minimum Gasteiger partial charge on any atom is -0.504 e. The zero-order valence-corrected chi connectivity index (χ0v) is 28.1. The van der Waals surface area contributed by atoms with Gasteiger partial charge in [0.15, 0.2) is 22.6 Å². The number of alkyl halides is 3. The molecular weight excluding hydrogens is 695 g/mol. The van der Waals surface area contributed by atoms with Gasteiger partial charge in [0.2, 0.25) is 11.3 Å². The van der Waals surface area contributed by atoms with E-state index in [1.54, 1.807) is 23.9 Å². The maximum Gasteiger partial charge on any atom is 0.416 e. The number of aromatic hydroxyl groups is 1. The Morgan fingerprint density at radius 2 is 1.84 bits per heavy atom. The number of carbonyl (C=O) groups excluding carboxylic acids is 2. The normalized spacial score (nSPS) is 15.1. The van der Waals surface area contributed by atoms with Crippen LogP contribution in [0.2, 0.25) is 5.02 Å². The summed E-state index contributed by atoms with van der Waals surface area (Å²) in [5.74, 6) is -1.41. The third-order valence-electron chi connectivity index (χ3n) is 8.92. The van der Waals surface area contributed by atoms with Crippen LogP contribution < -0.4 is 15.6 Å². The highest BCUT2D eigenvalue weighted by molar-refractivity contribution is 6.33. The number of rotatable bonds is 8. The summed E-state index contributed by atoms with van der Waals surface area (Å²) in [4.78, 5) is 53.5. The number of carbonyl (C=O) groups is 2. The fourth-order valence-electron chi connectivity index (χ4n) is 6.10. The summed E-state index contributed by atoms with van der Waals surface area (Å²) in [5, 5.41) is 26.2. The van der Waals surface area contributed by atoms with Gasteiger partial charge in [-0.15, -0.1) is 15.0 Å². The van der Waals surface area contributed by atoms with Gasteiger partial charge in [-0.05, 0) is 44.4 Å². The number of pyridine rings is 1. The maximum atomic E-state index is 14.2. The van der Waals surface area contributed by atoms with Crippen molar-refractivity contribution in [3.8, 4) is 11.4 Å². The molecule has 2 aliphatic rings. The first kappa shape index (κ1) is 34.0. The first-order valence-corrected chi connectivity index (χ1v) is 16.5. The van der Waals surface area contributed by atoms with Crippen molar-refractivity contribution in [1.29, 1.82) is 0 Å². The molecule has 1 aromatic carbocycles. The molecule has 1 saturated carbocycles. The number of aryl methyl sites for hydroxylation is 1. The zero-order chi connectivity index (χ0) is 36.2. The van der Waals surface area contributed by atoms with E-state index in [9.17, 15) is 32.7 Å². The van der Waals surface area contributed by atoms with Crippen LogP contribution in [0.3, 0.4) is 0 Å². The second-order valence-electron chi connectivity index (χ2n) is 12.3. The van der Waals surface area contributed by atoms with Crippen LogP contribution in [0.1, 0.15) is 53.2 Å². The Hall–Kier alpha value is -5.52. The molecule has 0 bridgehead atoms. The number of halogens is 4. The van der Waals surface area contributed by atoms with Gasteiger partial charge in [-0.3, -0.25) is 19.1 Å². The predicted octanol–water partition coefficient (Wildman–Crippen LogP) is 3.75. The topological polar surface area (TPSA) is 169 Å². The smallest absolute Gasteiger partial charge is 0.416 e. The zero-order valence-electron chi connectivity index (χ0n) is 27.4. The van der Waals surface area contributed by atoms with Crippen molar-refractivity contribution in [3.63, 3.8) is 0 Å². The van der Waals surface area contributed by atoms with Gasteiger partial charge < -0.3 is 24.8 Å². The molecule has 5 heterocycles. The highest BCUT2D eigenvalue weighted by Gasteiger charge is 2.33. The highest BCUT2D eigenvalue weighted by Crippen LogP contribution is 2.35. The Bertz CT molecular complexity index is 2240. The van der Waals surface area contributed by atoms with Crippen LogP contribution in [0.15, 0.2) is 41.7 Å². The number of anilines is 2. The van der Waals surface area contributed by atoms with Crippen molar-refractivity contribution in [3.05, 3.63) is 74.8 Å². The van der Waals surface area contributed by atoms with E-state index < -0.39 is 29.0 Å². The average molecular weight is 726 g/mol. The molecular formula is C32H31ClF3N11O4. The van der Waals surface area contributed by atoms with Crippen LogP contribution in [0.5, 0.6) is 5.75 Å². The van der Waals surface area contributed by atoms with Gasteiger partial charge in [0.1, 0.15) is 24.2 Å². The van der Waals surface area contributed by atoms with Gasteiger partial charge >= 0.3 is 6.18 Å². The quantitative estimate of drug-likeness (QED) is 0.240. The maximum absolute atomic E-state index is 14.2. The number of piperazine rings is 1. The lowest BCUT2D eigenvalue weighted by molar-refractivity contribution is -0.137. The Morgan fingerprint density at radius 1 is 1.10 bits per heavy atom. The molecule has 0 spiro atoms. The largest absolute Gasteiger partial charge is 0.504 e. The Kier molecular flexibility index (Phi) is 8.64. The molecule has 2 fully saturated rings. The Labute approximate surface area is 292 Å². The highest BCUT2D eigenvalue weighted by atomic mass is 35.5. The van der Waals surface area contributed by atoms with Crippen LogP contribution in [0.4, 0.5) is 24.5 Å². The number of nitrogens with zero attached hydrogens (tertiary/aromatic N) is 10. The number of benzene rings is 1. The number of nitrogens with one attached hydrogen (secondary N) is 1. The molecule has 0 atom stereocenters. The summed E-state index contributed by atoms with van der Waals surface area (Å²) in [5.41, 5.74) is 0.114. The van der Waals surface area contributed by atoms with Crippen LogP contribution >= 0.6 is 11.6 Å². The first-order chi connectivity index (χ1) is 24.3. The van der Waals surface area contributed by atoms with Gasteiger partial charge in [0.25, 0.3) is 5.91 Å². The first-order valence-electron chi connectivity index (χ1n) is 16.1. The van der Waals surface area contributed by atoms with Gasteiger partial charge in [-0.2, -0.15) is 18.3 Å². The summed E-state index contributed by atoms with van der Waals surface area (Å²) in [6.07, 6.45) is 2.24. The average Bonchev–Trinajstić information content (AvgIpc) is 3.65. The molecule has 2 N–H and O–H groups in total. The fraction of sp³-hybridized carbons (Fsp3) is 0.375. The van der Waals surface area contributed by atoms with Crippen molar-refractivity contribution in [2.75, 3.05) is 36.4 Å². The fourth-order valence-corrected chi connectivity index (χ4v) is 6.33. The summed E-state index contributed by atoms with van der Waals surface area (Å²) in [6.45, 7) is 3.86. The van der Waals surface area contributed by atoms with Gasteiger partial charge in [0.05, 0.1) is 40.4 Å². The molecule has 1 aliphatic heterocycles. The van der Waals surface area contributed by atoms with Crippen molar-refractivity contribution >= 4 is 46.0 Å². The van der Waals surface area contributed by atoms with Gasteiger partial charge in [0, 0.05) is 31.9 Å². The molecule has 5 aromatic rings. The van der Waals surface area contributed by atoms with Gasteiger partial charge in [-0.1, -0.05) is 18.5 Å². The van der Waals surface area contributed by atoms with Crippen molar-refractivity contribution in [2.24, 2.45) is 0 Å². The van der Waals surface area contributed by atoms with Gasteiger partial charge in [-0.25, -0.2) is 9.97 Å². The molecule has 1 saturated heterocycles. The minimum atomic E-state index is -4.61. The standard InChI is InChI=1S/C32H31ClF3N11O4/c1-3-23-27(43-8-10-44(11-9-43)31(51)26-28(49)17(2)37-16-38-26)29(50)25-30(42-47(41-25)20-13-39-46(14-20)19-5-6-19)45(23)15-24(48)40-22-7-4-18(12-21(22)33)32(34,35)36/h4,7,12-14,16,19,49H,3,5-6,8-11,15H2,1-2H3,(H,40,48). The number of hydrogen-bond acceptors (Lipinski definition) is 10. The predicted molar refractivity (Wildman–Crippen MR) is 178 cm³/mol. The molecule has 51 heavy (non-hydrogen) atoms. The number of hydrogen-bond donors (Lipinski definition) is 2. The van der Waals surface area contributed by atoms with Crippen LogP contribution in [0.25, 0.3) is 16.9 Å². The summed E-state index contributed by atoms with van der Waals surface area (Å²) < 4.78 is 43.0. The summed E-state index contributed by atoms with van der Waals surface area (Å²) >= 11 is 6.12. The Balaban J connectivity index is 1.24. The SMILES string of the molecule is CCc1c(N2CCN(C(=O)c3ncnc(C)c3O)CC2)c(=O)c2nn(-c3cnn(C4CC4)c3)nc2n1CC(=O)Nc1ccc(C(F)(F)F)cc1Cl. The van der Waals surface area contributed by atoms with Crippen LogP contribution in [0, 0.1) is 6.92 Å². The third kappa shape index (κ3) is 6.46. The molecule has 266 valence electrons. The van der Waals surface area contributed by atoms with Crippen LogP contribution in [-0.4, -0.2) is 87.3 Å². The van der Waals surface area contributed by atoms with E-state index >= 15 is 0 Å². The summed E-state index contributed by atoms with van der Waals surface area (Å²) in [7, 11) is 0. The number of aromatic nitrogens is 8. The molecule has 7 rings (SSSR count). The van der Waals surface area contributed by atoms with E-state index in [2.05, 4.69) is 30.6 Å². The van der Waals surface area contributed by atoms with Crippen LogP contribution in [-0.2, 0) is 23.9 Å². The molecule has 15 nitrogen and oxygen atoms in total. The molecule has 4 aromatic heterocycles. The lowest BCUT2D eigenvalue weighted by atomic mass is 10.1. The molecule has 2 amide bonds. The minimum absolute atomic E-state index is 0.0124. The van der Waals surface area contributed by atoms with Crippen molar-refractivity contribution in [1.82, 2.24) is 44.2 Å². The molecule has 1 aliphatic carbocycles. The molecule has 0 radical (unpaired) electrons. The van der Waals surface area contributed by atoms with E-state index in [-0.39, 0.29) is 89.9 Å². The van der Waals surface area contributed by atoms with Crippen molar-refractivity contribution < 1.29 is 27.9 Å². The van der Waals surface area contributed by atoms with Crippen molar-refractivity contribution in [2.45, 2.75) is 51.9 Å². The monoisotopic (exact) mass is 725 g/mol.